The molecule has 0 spiro atoms. The van der Waals surface area contributed by atoms with Gasteiger partial charge in [0.2, 0.25) is 0 Å². The smallest absolute Gasteiger partial charge is 0.345 e. The molecular formula is C10H13NO6. The van der Waals surface area contributed by atoms with Gasteiger partial charge in [-0.15, -0.1) is 0 Å². The fourth-order valence-electron chi connectivity index (χ4n) is 0.912. The third-order valence-electron chi connectivity index (χ3n) is 1.78. The van der Waals surface area contributed by atoms with Gasteiger partial charge in [0.1, 0.15) is 0 Å². The van der Waals surface area contributed by atoms with Gasteiger partial charge in [-0.25, -0.2) is 9.59 Å². The normalized spacial score (nSPS) is 11.2. The number of rotatable bonds is 3. The first-order valence-corrected chi connectivity index (χ1v) is 4.45. The zero-order valence-corrected chi connectivity index (χ0v) is 8.79. The summed E-state index contributed by atoms with van der Waals surface area (Å²) in [5, 5.41) is 17.3. The van der Waals surface area contributed by atoms with Gasteiger partial charge in [-0.3, -0.25) is 0 Å². The molecule has 1 aromatic rings. The van der Waals surface area contributed by atoms with Crippen molar-refractivity contribution in [3.05, 3.63) is 29.8 Å². The van der Waals surface area contributed by atoms with Gasteiger partial charge in [-0.1, -0.05) is 0 Å². The van der Waals surface area contributed by atoms with Crippen LogP contribution in [0.2, 0.25) is 0 Å². The van der Waals surface area contributed by atoms with Crippen molar-refractivity contribution in [2.45, 2.75) is 6.10 Å². The van der Waals surface area contributed by atoms with Crippen molar-refractivity contribution in [3.8, 4) is 0 Å². The monoisotopic (exact) mass is 243 g/mol. The molecule has 1 aromatic carbocycles. The van der Waals surface area contributed by atoms with Crippen molar-refractivity contribution in [2.75, 3.05) is 12.3 Å². The lowest BCUT2D eigenvalue weighted by Gasteiger charge is -2.06. The van der Waals surface area contributed by atoms with Gasteiger partial charge < -0.3 is 26.2 Å². The predicted molar refractivity (Wildman–Crippen MR) is 58.0 cm³/mol. The van der Waals surface area contributed by atoms with Gasteiger partial charge in [-0.2, -0.15) is 0 Å². The summed E-state index contributed by atoms with van der Waals surface area (Å²) in [5.41, 5.74) is 6.01. The minimum absolute atomic E-state index is 0. The molecule has 17 heavy (non-hydrogen) atoms. The molecule has 0 saturated carbocycles. The lowest BCUT2D eigenvalue weighted by atomic mass is 10.2. The van der Waals surface area contributed by atoms with E-state index >= 15 is 0 Å². The quantitative estimate of drug-likeness (QED) is 0.334. The highest BCUT2D eigenvalue weighted by atomic mass is 16.6. The largest absolute Gasteiger partial charge is 0.412 e. The van der Waals surface area contributed by atoms with Crippen molar-refractivity contribution in [3.63, 3.8) is 0 Å². The highest BCUT2D eigenvalue weighted by molar-refractivity contribution is 5.98. The molecule has 1 rings (SSSR count). The van der Waals surface area contributed by atoms with Gasteiger partial charge in [0, 0.05) is 5.69 Å². The molecule has 0 aliphatic heterocycles. The highest BCUT2D eigenvalue weighted by Crippen LogP contribution is 2.07. The Morgan fingerprint density at radius 1 is 1.29 bits per heavy atom. The number of aliphatic hydroxyl groups is 2. The first kappa shape index (κ1) is 15.0. The third-order valence-corrected chi connectivity index (χ3v) is 1.78. The molecule has 0 amide bonds. The van der Waals surface area contributed by atoms with E-state index in [-0.39, 0.29) is 11.0 Å². The molecule has 6 N–H and O–H groups in total. The van der Waals surface area contributed by atoms with Crippen LogP contribution in [-0.2, 0) is 9.53 Å². The molecule has 0 aliphatic carbocycles. The van der Waals surface area contributed by atoms with E-state index in [1.807, 2.05) is 0 Å². The number of anilines is 1. The fraction of sp³-hybridized carbons (Fsp3) is 0.200. The van der Waals surface area contributed by atoms with Crippen LogP contribution >= 0.6 is 0 Å². The number of aliphatic hydroxyl groups excluding tert-OH is 2. The Kier molecular flexibility index (Phi) is 5.83. The summed E-state index contributed by atoms with van der Waals surface area (Å²) < 4.78 is 4.30. The first-order valence-electron chi connectivity index (χ1n) is 4.45. The summed E-state index contributed by atoms with van der Waals surface area (Å²) in [7, 11) is 0. The second-order valence-corrected chi connectivity index (χ2v) is 3.03. The van der Waals surface area contributed by atoms with E-state index in [0.29, 0.717) is 5.69 Å². The van der Waals surface area contributed by atoms with Crippen LogP contribution in [0.1, 0.15) is 10.4 Å². The number of carbonyl (C=O) groups excluding carboxylic acids is 2. The van der Waals surface area contributed by atoms with E-state index in [1.165, 1.54) is 24.3 Å². The van der Waals surface area contributed by atoms with Crippen LogP contribution < -0.4 is 5.73 Å². The Hall–Kier alpha value is -1.96. The second kappa shape index (κ2) is 6.59. The minimum Gasteiger partial charge on any atom is -0.412 e. The molecule has 94 valence electrons. The number of ether oxygens (including phenoxy) is 1. The number of carbonyl (C=O) groups is 2. The predicted octanol–water partition coefficient (Wildman–Crippen LogP) is -1.52. The average Bonchev–Trinajstić information content (AvgIpc) is 2.28. The lowest BCUT2D eigenvalue weighted by molar-refractivity contribution is -0.149. The van der Waals surface area contributed by atoms with Crippen molar-refractivity contribution < 1.29 is 30.0 Å². The van der Waals surface area contributed by atoms with Crippen LogP contribution in [0.4, 0.5) is 5.69 Å². The fourth-order valence-corrected chi connectivity index (χ4v) is 0.912. The molecule has 0 aliphatic rings. The third kappa shape index (κ3) is 4.19. The Bertz CT molecular complexity index is 388. The number of hydrogen-bond acceptors (Lipinski definition) is 6. The van der Waals surface area contributed by atoms with Gasteiger partial charge >= 0.3 is 11.9 Å². The molecule has 7 heteroatoms. The van der Waals surface area contributed by atoms with Crippen LogP contribution in [0.15, 0.2) is 24.3 Å². The minimum atomic E-state index is -1.71. The van der Waals surface area contributed by atoms with Gasteiger partial charge in [0.25, 0.3) is 0 Å². The van der Waals surface area contributed by atoms with Crippen molar-refractivity contribution in [1.82, 2.24) is 0 Å². The molecule has 0 aromatic heterocycles. The Balaban J connectivity index is 0.00000256. The summed E-state index contributed by atoms with van der Waals surface area (Å²) in [6.45, 7) is -0.798. The van der Waals surface area contributed by atoms with Crippen LogP contribution in [-0.4, -0.2) is 40.3 Å². The summed E-state index contributed by atoms with van der Waals surface area (Å²) in [4.78, 5) is 22.3. The molecule has 1 atom stereocenters. The molecule has 0 bridgehead atoms. The summed E-state index contributed by atoms with van der Waals surface area (Å²) in [6, 6.07) is 5.72. The van der Waals surface area contributed by atoms with Crippen molar-refractivity contribution in [1.29, 1.82) is 0 Å². The average molecular weight is 243 g/mol. The standard InChI is InChI=1S/C10H11NO5.H2O/c11-7-3-1-6(2-4-7)9(14)16-10(15)8(13)5-12;/h1-4,8,12-13H,5,11H2;1H2. The zero-order valence-electron chi connectivity index (χ0n) is 8.79. The maximum Gasteiger partial charge on any atom is 0.345 e. The van der Waals surface area contributed by atoms with Crippen LogP contribution in [0.3, 0.4) is 0 Å². The van der Waals surface area contributed by atoms with Gasteiger partial charge in [0.05, 0.1) is 12.2 Å². The summed E-state index contributed by atoms with van der Waals surface area (Å²) >= 11 is 0. The van der Waals surface area contributed by atoms with Crippen LogP contribution in [0.5, 0.6) is 0 Å². The topological polar surface area (TPSA) is 141 Å². The van der Waals surface area contributed by atoms with E-state index in [9.17, 15) is 9.59 Å². The van der Waals surface area contributed by atoms with Gasteiger partial charge in [-0.05, 0) is 24.3 Å². The highest BCUT2D eigenvalue weighted by Gasteiger charge is 2.19. The van der Waals surface area contributed by atoms with Crippen molar-refractivity contribution in [2.24, 2.45) is 0 Å². The summed E-state index contributed by atoms with van der Waals surface area (Å²) in [6.07, 6.45) is -1.71. The Morgan fingerprint density at radius 2 is 1.82 bits per heavy atom. The van der Waals surface area contributed by atoms with Crippen LogP contribution in [0.25, 0.3) is 0 Å². The summed E-state index contributed by atoms with van der Waals surface area (Å²) in [5.74, 6) is -2.10. The van der Waals surface area contributed by atoms with E-state index in [1.54, 1.807) is 0 Å². The maximum absolute atomic E-state index is 11.3. The van der Waals surface area contributed by atoms with Gasteiger partial charge in [0.15, 0.2) is 6.10 Å². The van der Waals surface area contributed by atoms with Crippen LogP contribution in [0, 0.1) is 0 Å². The van der Waals surface area contributed by atoms with E-state index in [0.717, 1.165) is 0 Å². The molecule has 1 unspecified atom stereocenters. The lowest BCUT2D eigenvalue weighted by Crippen LogP contribution is -2.28. The number of nitrogen functional groups attached to an aromatic ring is 1. The van der Waals surface area contributed by atoms with E-state index in [4.69, 9.17) is 15.9 Å². The molecular weight excluding hydrogens is 230 g/mol. The molecule has 0 fully saturated rings. The number of hydrogen-bond donors (Lipinski definition) is 3. The Labute approximate surface area is 96.7 Å². The van der Waals surface area contributed by atoms with Crippen molar-refractivity contribution >= 4 is 17.6 Å². The molecule has 0 radical (unpaired) electrons. The van der Waals surface area contributed by atoms with E-state index < -0.39 is 24.6 Å². The number of benzene rings is 1. The number of nitrogens with two attached hydrogens (primary N) is 1. The molecule has 0 heterocycles. The molecule has 7 nitrogen and oxygen atoms in total. The number of esters is 2. The Morgan fingerprint density at radius 3 is 2.29 bits per heavy atom. The van der Waals surface area contributed by atoms with E-state index in [2.05, 4.69) is 4.74 Å². The molecule has 0 saturated heterocycles. The maximum atomic E-state index is 11.3. The first-order chi connectivity index (χ1) is 7.54. The zero-order chi connectivity index (χ0) is 12.1. The second-order valence-electron chi connectivity index (χ2n) is 3.03. The SMILES string of the molecule is Nc1ccc(C(=O)OC(=O)C(O)CO)cc1.O.